The van der Waals surface area contributed by atoms with Gasteiger partial charge < -0.3 is 9.73 Å². The molecule has 0 saturated carbocycles. The molecule has 3 aromatic rings. The number of nitrogens with zero attached hydrogens (tertiary/aromatic N) is 1. The summed E-state index contributed by atoms with van der Waals surface area (Å²) in [4.78, 5) is 5.38. The number of halogens is 1. The summed E-state index contributed by atoms with van der Waals surface area (Å²) in [7, 11) is 0. The third-order valence-electron chi connectivity index (χ3n) is 3.25. The van der Waals surface area contributed by atoms with Crippen LogP contribution in [0.2, 0.25) is 0 Å². The second-order valence-corrected chi connectivity index (χ2v) is 5.49. The van der Waals surface area contributed by atoms with Crippen molar-refractivity contribution in [3.63, 3.8) is 0 Å². The fraction of sp³-hybridized carbons (Fsp3) is 0.267. The molecular weight excluding hydrogens is 275 g/mol. The van der Waals surface area contributed by atoms with E-state index in [0.29, 0.717) is 5.58 Å². The first-order valence-electron chi connectivity index (χ1n) is 6.52. The number of rotatable bonds is 4. The molecule has 1 unspecified atom stereocenters. The summed E-state index contributed by atoms with van der Waals surface area (Å²) < 4.78 is 19.5. The summed E-state index contributed by atoms with van der Waals surface area (Å²) in [6, 6.07) is 6.77. The second-order valence-electron chi connectivity index (χ2n) is 4.60. The standard InChI is InChI=1S/C15H15FN2OS/c1-3-17-13(15-9(2)18-8-20-15)12-7-10-5-4-6-11(16)14(10)19-12/h4-8,13,17H,3H2,1-2H3. The number of hydrogen-bond acceptors (Lipinski definition) is 4. The summed E-state index contributed by atoms with van der Waals surface area (Å²) in [5.74, 6) is 0.393. The van der Waals surface area contributed by atoms with Crippen LogP contribution in [0.4, 0.5) is 4.39 Å². The summed E-state index contributed by atoms with van der Waals surface area (Å²) in [6.07, 6.45) is 0. The van der Waals surface area contributed by atoms with Gasteiger partial charge >= 0.3 is 0 Å². The Hall–Kier alpha value is -1.72. The number of hydrogen-bond donors (Lipinski definition) is 1. The predicted octanol–water partition coefficient (Wildman–Crippen LogP) is 4.04. The Bertz CT molecular complexity index is 734. The van der Waals surface area contributed by atoms with Crippen molar-refractivity contribution in [2.45, 2.75) is 19.9 Å². The molecule has 0 radical (unpaired) electrons. The Morgan fingerprint density at radius 2 is 2.30 bits per heavy atom. The number of para-hydroxylation sites is 1. The van der Waals surface area contributed by atoms with Gasteiger partial charge in [-0.15, -0.1) is 11.3 Å². The zero-order valence-electron chi connectivity index (χ0n) is 11.3. The number of aryl methyl sites for hydroxylation is 1. The zero-order chi connectivity index (χ0) is 14.1. The molecule has 0 saturated heterocycles. The molecule has 1 N–H and O–H groups in total. The molecule has 0 aliphatic carbocycles. The molecule has 3 rings (SSSR count). The lowest BCUT2D eigenvalue weighted by Crippen LogP contribution is -2.21. The maximum absolute atomic E-state index is 13.7. The largest absolute Gasteiger partial charge is 0.456 e. The molecule has 0 aliphatic rings. The van der Waals surface area contributed by atoms with E-state index in [1.165, 1.54) is 6.07 Å². The number of aromatic nitrogens is 1. The van der Waals surface area contributed by atoms with Crippen molar-refractivity contribution >= 4 is 22.3 Å². The molecule has 20 heavy (non-hydrogen) atoms. The van der Waals surface area contributed by atoms with E-state index in [4.69, 9.17) is 4.42 Å². The van der Waals surface area contributed by atoms with Crippen LogP contribution in [0.15, 0.2) is 34.2 Å². The molecule has 0 spiro atoms. The van der Waals surface area contributed by atoms with E-state index < -0.39 is 0 Å². The van der Waals surface area contributed by atoms with Crippen molar-refractivity contribution in [1.29, 1.82) is 0 Å². The van der Waals surface area contributed by atoms with E-state index in [-0.39, 0.29) is 11.9 Å². The van der Waals surface area contributed by atoms with E-state index in [2.05, 4.69) is 10.3 Å². The van der Waals surface area contributed by atoms with E-state index >= 15 is 0 Å². The molecule has 1 aromatic carbocycles. The van der Waals surface area contributed by atoms with Crippen molar-refractivity contribution < 1.29 is 8.81 Å². The van der Waals surface area contributed by atoms with Crippen LogP contribution in [0.1, 0.15) is 29.3 Å². The number of furan rings is 1. The zero-order valence-corrected chi connectivity index (χ0v) is 12.1. The highest BCUT2D eigenvalue weighted by atomic mass is 32.1. The van der Waals surface area contributed by atoms with E-state index in [1.807, 2.05) is 31.5 Å². The van der Waals surface area contributed by atoms with Gasteiger partial charge in [-0.25, -0.2) is 9.37 Å². The molecular formula is C15H15FN2OS. The second kappa shape index (κ2) is 5.34. The van der Waals surface area contributed by atoms with Gasteiger partial charge in [0.2, 0.25) is 0 Å². The summed E-state index contributed by atoms with van der Waals surface area (Å²) in [5, 5.41) is 4.16. The van der Waals surface area contributed by atoms with Crippen LogP contribution in [-0.2, 0) is 0 Å². The van der Waals surface area contributed by atoms with Crippen molar-refractivity contribution in [2.75, 3.05) is 6.54 Å². The molecule has 2 aromatic heterocycles. The average Bonchev–Trinajstić information content (AvgIpc) is 3.03. The summed E-state index contributed by atoms with van der Waals surface area (Å²) in [5.41, 5.74) is 3.10. The fourth-order valence-corrected chi connectivity index (χ4v) is 3.19. The predicted molar refractivity (Wildman–Crippen MR) is 78.5 cm³/mol. The maximum Gasteiger partial charge on any atom is 0.169 e. The van der Waals surface area contributed by atoms with Crippen molar-refractivity contribution in [3.05, 3.63) is 51.9 Å². The van der Waals surface area contributed by atoms with Crippen LogP contribution in [0.25, 0.3) is 11.0 Å². The smallest absolute Gasteiger partial charge is 0.169 e. The molecule has 0 aliphatic heterocycles. The minimum absolute atomic E-state index is 0.0840. The van der Waals surface area contributed by atoms with Gasteiger partial charge in [0.25, 0.3) is 0 Å². The molecule has 0 bridgehead atoms. The van der Waals surface area contributed by atoms with Gasteiger partial charge in [0.1, 0.15) is 11.8 Å². The van der Waals surface area contributed by atoms with Crippen LogP contribution in [-0.4, -0.2) is 11.5 Å². The van der Waals surface area contributed by atoms with Gasteiger partial charge in [-0.05, 0) is 25.6 Å². The highest BCUT2D eigenvalue weighted by molar-refractivity contribution is 7.09. The molecule has 104 valence electrons. The average molecular weight is 290 g/mol. The van der Waals surface area contributed by atoms with Gasteiger partial charge in [0, 0.05) is 5.39 Å². The summed E-state index contributed by atoms with van der Waals surface area (Å²) >= 11 is 1.58. The van der Waals surface area contributed by atoms with Gasteiger partial charge in [0.15, 0.2) is 11.4 Å². The number of fused-ring (bicyclic) bond motifs is 1. The third kappa shape index (κ3) is 2.23. The highest BCUT2D eigenvalue weighted by Gasteiger charge is 2.22. The Morgan fingerprint density at radius 3 is 2.95 bits per heavy atom. The molecule has 1 atom stereocenters. The number of thiazole rings is 1. The van der Waals surface area contributed by atoms with E-state index in [9.17, 15) is 4.39 Å². The van der Waals surface area contributed by atoms with Gasteiger partial charge in [-0.3, -0.25) is 0 Å². The molecule has 0 amide bonds. The quantitative estimate of drug-likeness (QED) is 0.788. The van der Waals surface area contributed by atoms with Gasteiger partial charge in [-0.2, -0.15) is 0 Å². The lowest BCUT2D eigenvalue weighted by atomic mass is 10.1. The van der Waals surface area contributed by atoms with Crippen molar-refractivity contribution in [3.8, 4) is 0 Å². The first kappa shape index (κ1) is 13.3. The third-order valence-corrected chi connectivity index (χ3v) is 4.25. The first-order chi connectivity index (χ1) is 9.70. The normalized spacial score (nSPS) is 12.9. The van der Waals surface area contributed by atoms with E-state index in [1.54, 1.807) is 17.4 Å². The van der Waals surface area contributed by atoms with Crippen LogP contribution in [0.5, 0.6) is 0 Å². The maximum atomic E-state index is 13.7. The Balaban J connectivity index is 2.10. The van der Waals surface area contributed by atoms with Crippen LogP contribution < -0.4 is 5.32 Å². The minimum Gasteiger partial charge on any atom is -0.456 e. The van der Waals surface area contributed by atoms with Gasteiger partial charge in [0.05, 0.1) is 16.1 Å². The van der Waals surface area contributed by atoms with Gasteiger partial charge in [-0.1, -0.05) is 19.1 Å². The highest BCUT2D eigenvalue weighted by Crippen LogP contribution is 2.32. The Labute approximate surface area is 120 Å². The molecule has 0 fully saturated rings. The monoisotopic (exact) mass is 290 g/mol. The Kier molecular flexibility index (Phi) is 3.54. The number of benzene rings is 1. The van der Waals surface area contributed by atoms with Crippen molar-refractivity contribution in [2.24, 2.45) is 0 Å². The Morgan fingerprint density at radius 1 is 1.45 bits per heavy atom. The molecule has 2 heterocycles. The molecule has 5 heteroatoms. The minimum atomic E-state index is -0.329. The molecule has 3 nitrogen and oxygen atoms in total. The first-order valence-corrected chi connectivity index (χ1v) is 7.40. The number of nitrogens with one attached hydrogen (secondary N) is 1. The SMILES string of the molecule is CCNC(c1cc2cccc(F)c2o1)c1scnc1C. The van der Waals surface area contributed by atoms with Crippen LogP contribution in [0, 0.1) is 12.7 Å². The fourth-order valence-electron chi connectivity index (χ4n) is 2.30. The van der Waals surface area contributed by atoms with Crippen LogP contribution in [0.3, 0.4) is 0 Å². The lowest BCUT2D eigenvalue weighted by molar-refractivity contribution is 0.467. The lowest BCUT2D eigenvalue weighted by Gasteiger charge is -2.14. The van der Waals surface area contributed by atoms with E-state index in [0.717, 1.165) is 28.3 Å². The van der Waals surface area contributed by atoms with Crippen LogP contribution >= 0.6 is 11.3 Å². The van der Waals surface area contributed by atoms with Crippen molar-refractivity contribution in [1.82, 2.24) is 10.3 Å². The topological polar surface area (TPSA) is 38.1 Å². The summed E-state index contributed by atoms with van der Waals surface area (Å²) in [6.45, 7) is 4.80.